The van der Waals surface area contributed by atoms with Crippen LogP contribution in [0.5, 0.6) is 0 Å². The van der Waals surface area contributed by atoms with Gasteiger partial charge in [0.25, 0.3) is 10.0 Å². The number of rotatable bonds is 5. The van der Waals surface area contributed by atoms with Gasteiger partial charge in [-0.05, 0) is 0 Å². The van der Waals surface area contributed by atoms with Crippen LogP contribution in [-0.2, 0) is 19.6 Å². The molecule has 0 aromatic rings. The van der Waals surface area contributed by atoms with E-state index in [-0.39, 0.29) is 0 Å². The number of hydrogen-bond donors (Lipinski definition) is 2. The van der Waals surface area contributed by atoms with Crippen LogP contribution in [0.15, 0.2) is 0 Å². The van der Waals surface area contributed by atoms with E-state index in [0.29, 0.717) is 0 Å². The normalized spacial score (nSPS) is 14.1. The van der Waals surface area contributed by atoms with Gasteiger partial charge < -0.3 is 9.84 Å². The predicted octanol–water partition coefficient (Wildman–Crippen LogP) is -1.34. The van der Waals surface area contributed by atoms with E-state index in [1.54, 1.807) is 0 Å². The fraction of sp³-hybridized carbons (Fsp3) is 0.800. The molecule has 0 amide bonds. The van der Waals surface area contributed by atoms with E-state index in [1.807, 2.05) is 0 Å². The molecule has 84 valence electrons. The Morgan fingerprint density at radius 2 is 2.07 bits per heavy atom. The number of aliphatic hydroxyl groups is 1. The van der Waals surface area contributed by atoms with Gasteiger partial charge in [-0.3, -0.25) is 4.79 Å². The number of carbonyl (C=O) groups is 1. The van der Waals surface area contributed by atoms with Crippen LogP contribution in [0.1, 0.15) is 0 Å². The van der Waals surface area contributed by atoms with E-state index in [4.69, 9.17) is 5.11 Å². The minimum atomic E-state index is -4.91. The Kier molecular flexibility index (Phi) is 4.88. The Morgan fingerprint density at radius 3 is 2.36 bits per heavy atom. The average molecular weight is 233 g/mol. The van der Waals surface area contributed by atoms with E-state index in [9.17, 15) is 22.0 Å². The number of carbonyl (C=O) groups excluding carboxylic acids is 1. The molecule has 1 unspecified atom stereocenters. The van der Waals surface area contributed by atoms with Crippen LogP contribution in [0.25, 0.3) is 0 Å². The number of ether oxygens (including phenoxy) is 1. The number of hydrogen-bond acceptors (Lipinski definition) is 5. The van der Waals surface area contributed by atoms with Gasteiger partial charge in [0.05, 0.1) is 13.7 Å². The number of halogens is 2. The van der Waals surface area contributed by atoms with Crippen LogP contribution in [0.2, 0.25) is 0 Å². The molecule has 0 aromatic carbocycles. The summed E-state index contributed by atoms with van der Waals surface area (Å²) in [5.74, 6) is -4.81. The summed E-state index contributed by atoms with van der Waals surface area (Å²) >= 11 is 0. The molecule has 0 fully saturated rings. The van der Waals surface area contributed by atoms with Gasteiger partial charge in [0.2, 0.25) is 0 Å². The maximum atomic E-state index is 11.8. The third-order valence-corrected chi connectivity index (χ3v) is 2.29. The molecule has 0 rings (SSSR count). The fourth-order valence-corrected chi connectivity index (χ4v) is 1.22. The summed E-state index contributed by atoms with van der Waals surface area (Å²) in [7, 11) is -3.98. The molecular weight excluding hydrogens is 224 g/mol. The highest BCUT2D eigenvalue weighted by Crippen LogP contribution is 2.03. The zero-order chi connectivity index (χ0) is 11.4. The maximum Gasteiger partial charge on any atom is 0.350 e. The first kappa shape index (κ1) is 13.2. The molecule has 1 atom stereocenters. The molecule has 0 bridgehead atoms. The SMILES string of the molecule is COC(=O)C(CO)NS(=O)(=O)C(F)F. The highest BCUT2D eigenvalue weighted by Gasteiger charge is 2.30. The van der Waals surface area contributed by atoms with Crippen molar-refractivity contribution in [2.24, 2.45) is 0 Å². The van der Waals surface area contributed by atoms with E-state index in [1.165, 1.54) is 4.72 Å². The minimum Gasteiger partial charge on any atom is -0.468 e. The molecular formula is C5H9F2NO5S. The Balaban J connectivity index is 4.56. The molecule has 9 heteroatoms. The summed E-state index contributed by atoms with van der Waals surface area (Å²) in [4.78, 5) is 10.7. The molecule has 0 saturated carbocycles. The van der Waals surface area contributed by atoms with Crippen LogP contribution in [0, 0.1) is 0 Å². The highest BCUT2D eigenvalue weighted by atomic mass is 32.2. The Bertz CT molecular complexity index is 290. The molecule has 0 aromatic heterocycles. The summed E-state index contributed by atoms with van der Waals surface area (Å²) in [6.07, 6.45) is 0. The number of nitrogens with one attached hydrogen (secondary N) is 1. The largest absolute Gasteiger partial charge is 0.468 e. The van der Waals surface area contributed by atoms with Crippen molar-refractivity contribution in [1.29, 1.82) is 0 Å². The second-order valence-corrected chi connectivity index (χ2v) is 3.86. The van der Waals surface area contributed by atoms with Gasteiger partial charge in [0, 0.05) is 0 Å². The van der Waals surface area contributed by atoms with Crippen molar-refractivity contribution in [1.82, 2.24) is 4.72 Å². The third-order valence-electron chi connectivity index (χ3n) is 1.21. The van der Waals surface area contributed by atoms with Crippen molar-refractivity contribution in [3.63, 3.8) is 0 Å². The number of sulfonamides is 1. The van der Waals surface area contributed by atoms with Gasteiger partial charge in [-0.2, -0.15) is 13.5 Å². The zero-order valence-corrected chi connectivity index (χ0v) is 7.92. The smallest absolute Gasteiger partial charge is 0.350 e. The maximum absolute atomic E-state index is 11.8. The highest BCUT2D eigenvalue weighted by molar-refractivity contribution is 7.89. The molecule has 6 nitrogen and oxygen atoms in total. The lowest BCUT2D eigenvalue weighted by Gasteiger charge is -2.13. The third kappa shape index (κ3) is 3.52. The Labute approximate surface area is 78.9 Å². The summed E-state index contributed by atoms with van der Waals surface area (Å²) in [5.41, 5.74) is 0. The first-order chi connectivity index (χ1) is 6.35. The van der Waals surface area contributed by atoms with Gasteiger partial charge in [-0.1, -0.05) is 0 Å². The molecule has 0 aliphatic heterocycles. The van der Waals surface area contributed by atoms with Crippen molar-refractivity contribution in [2.45, 2.75) is 11.8 Å². The molecule has 0 heterocycles. The molecule has 0 aliphatic rings. The molecule has 0 radical (unpaired) electrons. The standard InChI is InChI=1S/C5H9F2NO5S/c1-13-4(10)3(2-9)8-14(11,12)5(6)7/h3,5,8-9H,2H2,1H3. The molecule has 0 aliphatic carbocycles. The van der Waals surface area contributed by atoms with Crippen molar-refractivity contribution < 1.29 is 31.8 Å². The summed E-state index contributed by atoms with van der Waals surface area (Å²) in [6.45, 7) is -0.960. The lowest BCUT2D eigenvalue weighted by molar-refractivity contribution is -0.143. The van der Waals surface area contributed by atoms with Gasteiger partial charge in [0.15, 0.2) is 0 Å². The summed E-state index contributed by atoms with van der Waals surface area (Å²) in [5, 5.41) is 8.50. The van der Waals surface area contributed by atoms with Crippen LogP contribution < -0.4 is 4.72 Å². The second kappa shape index (κ2) is 5.17. The average Bonchev–Trinajstić information content (AvgIpc) is 2.12. The Morgan fingerprint density at radius 1 is 1.57 bits per heavy atom. The first-order valence-corrected chi connectivity index (χ1v) is 4.87. The minimum absolute atomic E-state index is 0.932. The van der Waals surface area contributed by atoms with E-state index < -0.39 is 34.4 Å². The van der Waals surface area contributed by atoms with Gasteiger partial charge in [0.1, 0.15) is 6.04 Å². The summed E-state index contributed by atoms with van der Waals surface area (Å²) in [6, 6.07) is -1.71. The monoisotopic (exact) mass is 233 g/mol. The molecule has 2 N–H and O–H groups in total. The number of esters is 1. The Hall–Kier alpha value is -0.800. The van der Waals surface area contributed by atoms with Gasteiger partial charge in [-0.25, -0.2) is 8.42 Å². The first-order valence-electron chi connectivity index (χ1n) is 3.33. The predicted molar refractivity (Wildman–Crippen MR) is 40.9 cm³/mol. The van der Waals surface area contributed by atoms with Gasteiger partial charge in [-0.15, -0.1) is 0 Å². The number of aliphatic hydroxyl groups excluding tert-OH is 1. The van der Waals surface area contributed by atoms with Crippen LogP contribution in [-0.4, -0.2) is 45.0 Å². The van der Waals surface area contributed by atoms with E-state index >= 15 is 0 Å². The van der Waals surface area contributed by atoms with Crippen LogP contribution >= 0.6 is 0 Å². The van der Waals surface area contributed by atoms with E-state index in [2.05, 4.69) is 4.74 Å². The molecule has 14 heavy (non-hydrogen) atoms. The van der Waals surface area contributed by atoms with Crippen molar-refractivity contribution in [2.75, 3.05) is 13.7 Å². The number of methoxy groups -OCH3 is 1. The number of alkyl halides is 2. The van der Waals surface area contributed by atoms with Gasteiger partial charge >= 0.3 is 11.7 Å². The van der Waals surface area contributed by atoms with Crippen LogP contribution in [0.4, 0.5) is 8.78 Å². The quantitative estimate of drug-likeness (QED) is 0.573. The lowest BCUT2D eigenvalue weighted by atomic mass is 10.3. The van der Waals surface area contributed by atoms with E-state index in [0.717, 1.165) is 7.11 Å². The van der Waals surface area contributed by atoms with Crippen molar-refractivity contribution >= 4 is 16.0 Å². The second-order valence-electron chi connectivity index (χ2n) is 2.18. The lowest BCUT2D eigenvalue weighted by Crippen LogP contribution is -2.45. The van der Waals surface area contributed by atoms with Crippen LogP contribution in [0.3, 0.4) is 0 Å². The topological polar surface area (TPSA) is 92.7 Å². The molecule has 0 saturated heterocycles. The fourth-order valence-electron chi connectivity index (χ4n) is 0.552. The van der Waals surface area contributed by atoms with Crippen molar-refractivity contribution in [3.8, 4) is 0 Å². The zero-order valence-electron chi connectivity index (χ0n) is 7.11. The molecule has 0 spiro atoms. The van der Waals surface area contributed by atoms with Crippen molar-refractivity contribution in [3.05, 3.63) is 0 Å². The summed E-state index contributed by atoms with van der Waals surface area (Å²) < 4.78 is 50.0.